The highest BCUT2D eigenvalue weighted by Crippen LogP contribution is 2.68. The van der Waals surface area contributed by atoms with Gasteiger partial charge in [-0.3, -0.25) is 4.79 Å². The summed E-state index contributed by atoms with van der Waals surface area (Å²) < 4.78 is 12.0. The number of carbonyl (C=O) groups is 1. The average Bonchev–Trinajstić information content (AvgIpc) is 3.30. The van der Waals surface area contributed by atoms with Gasteiger partial charge in [0.05, 0.1) is 5.60 Å². The maximum atomic E-state index is 12.3. The van der Waals surface area contributed by atoms with E-state index < -0.39 is 0 Å². The van der Waals surface area contributed by atoms with E-state index in [2.05, 4.69) is 20.8 Å². The molecule has 0 aromatic carbocycles. The van der Waals surface area contributed by atoms with Crippen molar-refractivity contribution in [2.75, 3.05) is 6.54 Å². The highest BCUT2D eigenvalue weighted by molar-refractivity contribution is 5.79. The van der Waals surface area contributed by atoms with Crippen molar-refractivity contribution in [1.29, 1.82) is 0 Å². The molecule has 0 bridgehead atoms. The van der Waals surface area contributed by atoms with Crippen LogP contribution < -0.4 is 5.73 Å². The number of hydrogen-bond acceptors (Lipinski definition) is 4. The summed E-state index contributed by atoms with van der Waals surface area (Å²) in [5.74, 6) is 3.95. The number of epoxide rings is 1. The number of fused-ring (bicyclic) bond motifs is 5. The number of ether oxygens (including phenoxy) is 2. The fourth-order valence-electron chi connectivity index (χ4n) is 8.87. The van der Waals surface area contributed by atoms with E-state index in [1.807, 2.05) is 6.92 Å². The molecule has 2 N–H and O–H groups in total. The molecule has 1 saturated heterocycles. The molecule has 4 heteroatoms. The van der Waals surface area contributed by atoms with Crippen LogP contribution in [0, 0.1) is 40.4 Å². The Labute approximate surface area is 176 Å². The van der Waals surface area contributed by atoms with Crippen LogP contribution in [0.25, 0.3) is 0 Å². The maximum Gasteiger partial charge on any atom is 0.186 e. The minimum Gasteiger partial charge on any atom is -0.344 e. The molecule has 164 valence electrons. The van der Waals surface area contributed by atoms with E-state index in [0.717, 1.165) is 36.5 Å². The SMILES string of the molecule is CC(=O)[C@H]1CC[C@H]2C3CC[C@H]4C[C@](C)(OC5OC5CN)CC[C@]4(C)[C@H]3CC[C@]12C. The molecule has 0 aromatic rings. The fraction of sp³-hybridized carbons (Fsp3) is 0.960. The van der Waals surface area contributed by atoms with Crippen molar-refractivity contribution in [2.24, 2.45) is 46.2 Å². The Bertz CT molecular complexity index is 681. The molecular weight excluding hydrogens is 362 g/mol. The zero-order chi connectivity index (χ0) is 20.6. The van der Waals surface area contributed by atoms with E-state index in [0.29, 0.717) is 23.7 Å². The van der Waals surface area contributed by atoms with E-state index in [4.69, 9.17) is 15.2 Å². The smallest absolute Gasteiger partial charge is 0.186 e. The van der Waals surface area contributed by atoms with E-state index in [1.165, 1.54) is 44.9 Å². The third-order valence-electron chi connectivity index (χ3n) is 10.6. The first-order valence-electron chi connectivity index (χ1n) is 12.2. The summed E-state index contributed by atoms with van der Waals surface area (Å²) in [7, 11) is 0. The molecule has 4 nitrogen and oxygen atoms in total. The Morgan fingerprint density at radius 2 is 1.76 bits per heavy atom. The first kappa shape index (κ1) is 20.5. The maximum absolute atomic E-state index is 12.3. The lowest BCUT2D eigenvalue weighted by Gasteiger charge is -2.62. The summed E-state index contributed by atoms with van der Waals surface area (Å²) in [4.78, 5) is 12.3. The molecule has 5 aliphatic rings. The summed E-state index contributed by atoms with van der Waals surface area (Å²) in [5.41, 5.74) is 6.39. The second kappa shape index (κ2) is 6.77. The van der Waals surface area contributed by atoms with Gasteiger partial charge >= 0.3 is 0 Å². The highest BCUT2D eigenvalue weighted by Gasteiger charge is 2.62. The first-order valence-corrected chi connectivity index (χ1v) is 12.2. The number of Topliss-reactive ketones (excluding diaryl/α,β-unsaturated/α-hetero) is 1. The molecular formula is C25H41NO3. The Morgan fingerprint density at radius 1 is 1.00 bits per heavy atom. The second-order valence-electron chi connectivity index (χ2n) is 12.0. The molecule has 0 spiro atoms. The molecule has 1 heterocycles. The van der Waals surface area contributed by atoms with Gasteiger partial charge in [0.25, 0.3) is 0 Å². The summed E-state index contributed by atoms with van der Waals surface area (Å²) in [6.45, 7) is 9.76. The highest BCUT2D eigenvalue weighted by atomic mass is 16.8. The normalized spacial score (nSPS) is 56.2. The van der Waals surface area contributed by atoms with Crippen LogP contribution in [-0.2, 0) is 14.3 Å². The predicted molar refractivity (Wildman–Crippen MR) is 113 cm³/mol. The zero-order valence-corrected chi connectivity index (χ0v) is 18.9. The van der Waals surface area contributed by atoms with Gasteiger partial charge in [0.1, 0.15) is 11.9 Å². The Hall–Kier alpha value is -0.450. The summed E-state index contributed by atoms with van der Waals surface area (Å²) >= 11 is 0. The molecule has 29 heavy (non-hydrogen) atoms. The molecule has 0 aromatic heterocycles. The van der Waals surface area contributed by atoms with Crippen molar-refractivity contribution >= 4 is 5.78 Å². The van der Waals surface area contributed by atoms with Gasteiger partial charge in [-0.25, -0.2) is 0 Å². The van der Waals surface area contributed by atoms with E-state index in [9.17, 15) is 4.79 Å². The van der Waals surface area contributed by atoms with E-state index >= 15 is 0 Å². The molecule has 0 amide bonds. The number of ketones is 1. The van der Waals surface area contributed by atoms with Gasteiger partial charge in [0.2, 0.25) is 0 Å². The van der Waals surface area contributed by atoms with Gasteiger partial charge in [-0.1, -0.05) is 13.8 Å². The minimum atomic E-state index is -0.0666. The Balaban J connectivity index is 1.32. The van der Waals surface area contributed by atoms with Crippen LogP contribution in [-0.4, -0.2) is 30.3 Å². The lowest BCUT2D eigenvalue weighted by atomic mass is 9.44. The number of nitrogens with two attached hydrogens (primary N) is 1. The van der Waals surface area contributed by atoms with Gasteiger partial charge in [-0.2, -0.15) is 0 Å². The van der Waals surface area contributed by atoms with Gasteiger partial charge in [0, 0.05) is 12.5 Å². The topological polar surface area (TPSA) is 64.8 Å². The second-order valence-corrected chi connectivity index (χ2v) is 12.0. The summed E-state index contributed by atoms with van der Waals surface area (Å²) in [6.07, 6.45) is 11.3. The lowest BCUT2D eigenvalue weighted by molar-refractivity contribution is -0.175. The van der Waals surface area contributed by atoms with Crippen LogP contribution in [0.1, 0.15) is 85.5 Å². The summed E-state index contributed by atoms with van der Waals surface area (Å²) in [6, 6.07) is 0. The molecule has 3 unspecified atom stereocenters. The fourth-order valence-corrected chi connectivity index (χ4v) is 8.87. The van der Waals surface area contributed by atoms with Crippen molar-refractivity contribution in [3.05, 3.63) is 0 Å². The van der Waals surface area contributed by atoms with Crippen LogP contribution in [0.2, 0.25) is 0 Å². The van der Waals surface area contributed by atoms with Gasteiger partial charge in [-0.05, 0) is 106 Å². The van der Waals surface area contributed by atoms with Crippen LogP contribution in [0.4, 0.5) is 0 Å². The Kier molecular flexibility index (Phi) is 4.78. The molecule has 4 saturated carbocycles. The Morgan fingerprint density at radius 3 is 2.45 bits per heavy atom. The monoisotopic (exact) mass is 403 g/mol. The standard InChI is InChI=1S/C25H41NO3/c1-15(27)18-7-8-19-17-6-5-16-13-23(2,29-22-21(14-26)28-22)11-12-24(16,3)20(17)9-10-25(18,19)4/h16-22H,5-14,26H2,1-4H3/t16-,17?,18+,19-,20-,21?,22?,23+,24-,25+/m0/s1. The molecule has 1 aliphatic heterocycles. The molecule has 5 fully saturated rings. The average molecular weight is 404 g/mol. The van der Waals surface area contributed by atoms with Crippen molar-refractivity contribution in [2.45, 2.75) is 103 Å². The van der Waals surface area contributed by atoms with Crippen molar-refractivity contribution < 1.29 is 14.3 Å². The predicted octanol–water partition coefficient (Wildman–Crippen LogP) is 4.69. The third-order valence-corrected chi connectivity index (χ3v) is 10.6. The van der Waals surface area contributed by atoms with Crippen LogP contribution >= 0.6 is 0 Å². The number of carbonyl (C=O) groups excluding carboxylic acids is 1. The van der Waals surface area contributed by atoms with Crippen molar-refractivity contribution in [3.63, 3.8) is 0 Å². The van der Waals surface area contributed by atoms with Crippen LogP contribution in [0.5, 0.6) is 0 Å². The van der Waals surface area contributed by atoms with Crippen LogP contribution in [0.3, 0.4) is 0 Å². The quantitative estimate of drug-likeness (QED) is 0.692. The number of hydrogen-bond donors (Lipinski definition) is 1. The third kappa shape index (κ3) is 3.07. The van der Waals surface area contributed by atoms with Crippen molar-refractivity contribution in [3.8, 4) is 0 Å². The molecule has 0 radical (unpaired) electrons. The van der Waals surface area contributed by atoms with Gasteiger partial charge in [-0.15, -0.1) is 0 Å². The van der Waals surface area contributed by atoms with Gasteiger partial charge < -0.3 is 15.2 Å². The van der Waals surface area contributed by atoms with E-state index in [-0.39, 0.29) is 23.4 Å². The number of rotatable bonds is 4. The lowest BCUT2D eigenvalue weighted by Crippen LogP contribution is -2.56. The minimum absolute atomic E-state index is 0.0537. The largest absolute Gasteiger partial charge is 0.344 e. The molecule has 5 rings (SSSR count). The first-order chi connectivity index (χ1) is 13.7. The zero-order valence-electron chi connectivity index (χ0n) is 18.9. The summed E-state index contributed by atoms with van der Waals surface area (Å²) in [5, 5.41) is 0. The molecule has 10 atom stereocenters. The van der Waals surface area contributed by atoms with Crippen LogP contribution in [0.15, 0.2) is 0 Å². The van der Waals surface area contributed by atoms with Gasteiger partial charge in [0.15, 0.2) is 6.29 Å². The molecule has 4 aliphatic carbocycles. The van der Waals surface area contributed by atoms with Crippen molar-refractivity contribution in [1.82, 2.24) is 0 Å². The van der Waals surface area contributed by atoms with E-state index in [1.54, 1.807) is 0 Å².